The van der Waals surface area contributed by atoms with E-state index in [1.165, 1.54) is 10.8 Å². The summed E-state index contributed by atoms with van der Waals surface area (Å²) in [7, 11) is 3.37. The molecule has 0 N–H and O–H groups in total. The van der Waals surface area contributed by atoms with E-state index in [4.69, 9.17) is 13.9 Å². The lowest BCUT2D eigenvalue weighted by Crippen LogP contribution is -1.92. The van der Waals surface area contributed by atoms with Gasteiger partial charge in [0.05, 0.1) is 20.5 Å². The Kier molecular flexibility index (Phi) is 3.84. The van der Waals surface area contributed by atoms with Crippen LogP contribution in [-0.2, 0) is 0 Å². The lowest BCUT2D eigenvalue weighted by molar-refractivity contribution is 0.415. The Morgan fingerprint density at radius 1 is 0.792 bits per heavy atom. The van der Waals surface area contributed by atoms with Gasteiger partial charge >= 0.3 is 0 Å². The van der Waals surface area contributed by atoms with Crippen molar-refractivity contribution in [2.45, 2.75) is 0 Å². The maximum absolute atomic E-state index is 5.71. The fourth-order valence-corrected chi connectivity index (χ4v) is 4.08. The Labute approximate surface area is 153 Å². The summed E-state index contributed by atoms with van der Waals surface area (Å²) in [6, 6.07) is 16.2. The van der Waals surface area contributed by atoms with Gasteiger partial charge in [-0.05, 0) is 75.1 Å². The first-order chi connectivity index (χ1) is 11.7. The summed E-state index contributed by atoms with van der Waals surface area (Å²) in [6.07, 6.45) is 1.70. The smallest absolute Gasteiger partial charge is 0.135 e. The molecule has 0 aliphatic carbocycles. The van der Waals surface area contributed by atoms with E-state index in [9.17, 15) is 0 Å². The van der Waals surface area contributed by atoms with E-state index in [1.807, 2.05) is 24.3 Å². The van der Waals surface area contributed by atoms with E-state index in [1.54, 1.807) is 20.5 Å². The minimum atomic E-state index is 0.832. The standard InChI is InChI=1S/C20H15IO3/c1-22-12-5-7-14-15-8-6-13(23-2)11-17(15)20(21)19(16(14)10-12)18-4-3-9-24-18/h3-11H,1-2H3. The van der Waals surface area contributed by atoms with Crippen molar-refractivity contribution >= 4 is 44.1 Å². The van der Waals surface area contributed by atoms with E-state index in [2.05, 4.69) is 46.9 Å². The van der Waals surface area contributed by atoms with Gasteiger partial charge < -0.3 is 13.9 Å². The van der Waals surface area contributed by atoms with Crippen LogP contribution >= 0.6 is 22.6 Å². The molecule has 1 aromatic heterocycles. The van der Waals surface area contributed by atoms with Gasteiger partial charge in [-0.1, -0.05) is 12.1 Å². The summed E-state index contributed by atoms with van der Waals surface area (Å²) >= 11 is 2.39. The van der Waals surface area contributed by atoms with E-state index < -0.39 is 0 Å². The number of furan rings is 1. The number of hydrogen-bond acceptors (Lipinski definition) is 3. The SMILES string of the molecule is COc1ccc2c(c1)c(I)c(-c1ccco1)c1cc(OC)ccc12. The van der Waals surface area contributed by atoms with Crippen LogP contribution in [0.15, 0.2) is 59.2 Å². The molecule has 4 rings (SSSR count). The van der Waals surface area contributed by atoms with Crippen LogP contribution in [0.4, 0.5) is 0 Å². The highest BCUT2D eigenvalue weighted by Gasteiger charge is 2.17. The van der Waals surface area contributed by atoms with Crippen molar-refractivity contribution in [2.24, 2.45) is 0 Å². The number of fused-ring (bicyclic) bond motifs is 3. The third-order valence-corrected chi connectivity index (χ3v) is 5.36. The summed E-state index contributed by atoms with van der Waals surface area (Å²) < 4.78 is 17.7. The highest BCUT2D eigenvalue weighted by Crippen LogP contribution is 2.42. The summed E-state index contributed by atoms with van der Waals surface area (Å²) in [5.41, 5.74) is 1.08. The third-order valence-electron chi connectivity index (χ3n) is 4.24. The van der Waals surface area contributed by atoms with Gasteiger partial charge in [0.1, 0.15) is 17.3 Å². The van der Waals surface area contributed by atoms with Crippen molar-refractivity contribution in [1.82, 2.24) is 0 Å². The minimum Gasteiger partial charge on any atom is -0.497 e. The Morgan fingerprint density at radius 3 is 2.00 bits per heavy atom. The average molecular weight is 430 g/mol. The number of methoxy groups -OCH3 is 2. The Bertz CT molecular complexity index is 1040. The molecule has 0 saturated carbocycles. The molecule has 0 saturated heterocycles. The highest BCUT2D eigenvalue weighted by atomic mass is 127. The average Bonchev–Trinajstić information content (AvgIpc) is 3.15. The fraction of sp³-hybridized carbons (Fsp3) is 0.100. The second-order valence-electron chi connectivity index (χ2n) is 5.49. The maximum Gasteiger partial charge on any atom is 0.135 e. The van der Waals surface area contributed by atoms with E-state index in [-0.39, 0.29) is 0 Å². The van der Waals surface area contributed by atoms with Gasteiger partial charge in [0.15, 0.2) is 0 Å². The lowest BCUT2D eigenvalue weighted by Gasteiger charge is -2.14. The number of benzene rings is 3. The van der Waals surface area contributed by atoms with Crippen LogP contribution in [-0.4, -0.2) is 14.2 Å². The molecule has 0 amide bonds. The van der Waals surface area contributed by atoms with Gasteiger partial charge in [-0.2, -0.15) is 0 Å². The molecule has 0 radical (unpaired) electrons. The monoisotopic (exact) mass is 430 g/mol. The largest absolute Gasteiger partial charge is 0.497 e. The predicted octanol–water partition coefficient (Wildman–Crippen LogP) is 5.87. The summed E-state index contributed by atoms with van der Waals surface area (Å²) in [5, 5.41) is 4.62. The van der Waals surface area contributed by atoms with Crippen LogP contribution in [0.5, 0.6) is 11.5 Å². The molecule has 3 aromatic carbocycles. The summed E-state index contributed by atoms with van der Waals surface area (Å²) in [6.45, 7) is 0. The highest BCUT2D eigenvalue weighted by molar-refractivity contribution is 14.1. The van der Waals surface area contributed by atoms with Crippen molar-refractivity contribution in [3.05, 3.63) is 58.4 Å². The molecule has 0 unspecified atom stereocenters. The van der Waals surface area contributed by atoms with E-state index in [0.717, 1.165) is 37.2 Å². The van der Waals surface area contributed by atoms with Crippen LogP contribution in [0.3, 0.4) is 0 Å². The van der Waals surface area contributed by atoms with Crippen molar-refractivity contribution in [3.63, 3.8) is 0 Å². The van der Waals surface area contributed by atoms with Crippen molar-refractivity contribution in [3.8, 4) is 22.8 Å². The Morgan fingerprint density at radius 2 is 1.42 bits per heavy atom. The van der Waals surface area contributed by atoms with Crippen LogP contribution in [0, 0.1) is 3.57 Å². The van der Waals surface area contributed by atoms with Crippen molar-refractivity contribution in [2.75, 3.05) is 14.2 Å². The molecule has 4 aromatic rings. The molecule has 3 nitrogen and oxygen atoms in total. The zero-order valence-electron chi connectivity index (χ0n) is 13.3. The summed E-state index contributed by atoms with van der Waals surface area (Å²) in [4.78, 5) is 0. The fourth-order valence-electron chi connectivity index (χ4n) is 3.07. The molecular formula is C20H15IO3. The molecule has 1 heterocycles. The zero-order chi connectivity index (χ0) is 16.7. The van der Waals surface area contributed by atoms with Gasteiger partial charge in [-0.3, -0.25) is 0 Å². The van der Waals surface area contributed by atoms with Crippen molar-refractivity contribution in [1.29, 1.82) is 0 Å². The quantitative estimate of drug-likeness (QED) is 0.301. The van der Waals surface area contributed by atoms with Crippen LogP contribution in [0.1, 0.15) is 0 Å². The number of ether oxygens (including phenoxy) is 2. The van der Waals surface area contributed by atoms with Crippen LogP contribution < -0.4 is 9.47 Å². The van der Waals surface area contributed by atoms with Crippen LogP contribution in [0.25, 0.3) is 32.9 Å². The molecule has 0 fully saturated rings. The number of halogens is 1. The summed E-state index contributed by atoms with van der Waals surface area (Å²) in [5.74, 6) is 2.53. The lowest BCUT2D eigenvalue weighted by atomic mass is 9.95. The van der Waals surface area contributed by atoms with Crippen molar-refractivity contribution < 1.29 is 13.9 Å². The molecular weight excluding hydrogens is 415 g/mol. The van der Waals surface area contributed by atoms with Gasteiger partial charge in [-0.15, -0.1) is 0 Å². The second kappa shape index (κ2) is 6.02. The van der Waals surface area contributed by atoms with Gasteiger partial charge in [0.25, 0.3) is 0 Å². The van der Waals surface area contributed by atoms with E-state index >= 15 is 0 Å². The van der Waals surface area contributed by atoms with Crippen LogP contribution in [0.2, 0.25) is 0 Å². The molecule has 0 spiro atoms. The number of hydrogen-bond donors (Lipinski definition) is 0. The zero-order valence-corrected chi connectivity index (χ0v) is 15.5. The molecule has 0 aliphatic heterocycles. The second-order valence-corrected chi connectivity index (χ2v) is 6.57. The first-order valence-electron chi connectivity index (χ1n) is 7.53. The minimum absolute atomic E-state index is 0.832. The maximum atomic E-state index is 5.71. The molecule has 0 aliphatic rings. The van der Waals surface area contributed by atoms with Gasteiger partial charge in [0, 0.05) is 14.5 Å². The Balaban J connectivity index is 2.20. The topological polar surface area (TPSA) is 31.6 Å². The Hall–Kier alpha value is -2.21. The first kappa shape index (κ1) is 15.3. The normalized spacial score (nSPS) is 11.1. The first-order valence-corrected chi connectivity index (χ1v) is 8.61. The van der Waals surface area contributed by atoms with E-state index in [0.29, 0.717) is 0 Å². The molecule has 4 heteroatoms. The molecule has 0 bridgehead atoms. The van der Waals surface area contributed by atoms with Gasteiger partial charge in [-0.25, -0.2) is 0 Å². The molecule has 24 heavy (non-hydrogen) atoms. The molecule has 0 atom stereocenters. The molecule has 120 valence electrons. The van der Waals surface area contributed by atoms with Gasteiger partial charge in [0.2, 0.25) is 0 Å². The third kappa shape index (κ3) is 2.33. The predicted molar refractivity (Wildman–Crippen MR) is 105 cm³/mol. The number of rotatable bonds is 3.